The van der Waals surface area contributed by atoms with E-state index in [0.717, 1.165) is 12.8 Å². The van der Waals surface area contributed by atoms with Crippen LogP contribution in [0.15, 0.2) is 23.2 Å². The number of halogens is 1. The number of carbonyl (C=O) groups is 1. The molecule has 1 aliphatic heterocycles. The quantitative estimate of drug-likeness (QED) is 0.503. The van der Waals surface area contributed by atoms with E-state index in [1.807, 2.05) is 6.92 Å². The zero-order valence-corrected chi connectivity index (χ0v) is 14.4. The summed E-state index contributed by atoms with van der Waals surface area (Å²) in [7, 11) is 1.60. The number of methoxy groups -OCH3 is 1. The van der Waals surface area contributed by atoms with E-state index in [9.17, 15) is 4.79 Å². The van der Waals surface area contributed by atoms with Gasteiger partial charge in [-0.3, -0.25) is 9.79 Å². The molecule has 4 heteroatoms. The van der Waals surface area contributed by atoms with Crippen LogP contribution in [0.3, 0.4) is 0 Å². The van der Waals surface area contributed by atoms with Crippen LogP contribution in [0.2, 0.25) is 0 Å². The Morgan fingerprint density at radius 2 is 1.95 bits per heavy atom. The summed E-state index contributed by atoms with van der Waals surface area (Å²) in [5.41, 5.74) is 1.94. The van der Waals surface area contributed by atoms with E-state index >= 15 is 0 Å². The number of alkyl halides is 1. The third-order valence-corrected chi connectivity index (χ3v) is 4.93. The first-order valence-corrected chi connectivity index (χ1v) is 8.38. The molecule has 0 bridgehead atoms. The molecule has 1 atom stereocenters. The molecule has 0 fully saturated rings. The van der Waals surface area contributed by atoms with Gasteiger partial charge in [-0.2, -0.15) is 0 Å². The number of fused-ring (bicyclic) bond motifs is 1. The number of hydrogen-bond acceptors (Lipinski definition) is 3. The minimum absolute atomic E-state index is 0.0326. The van der Waals surface area contributed by atoms with Crippen molar-refractivity contribution in [2.24, 2.45) is 4.99 Å². The first-order valence-electron chi connectivity index (χ1n) is 8.00. The van der Waals surface area contributed by atoms with Gasteiger partial charge in [0.1, 0.15) is 10.6 Å². The van der Waals surface area contributed by atoms with Crippen LogP contribution in [0.5, 0.6) is 5.75 Å². The van der Waals surface area contributed by atoms with E-state index in [1.54, 1.807) is 25.3 Å². The zero-order chi connectivity index (χ0) is 16.2. The van der Waals surface area contributed by atoms with Gasteiger partial charge in [-0.1, -0.05) is 39.0 Å². The Morgan fingerprint density at radius 1 is 1.23 bits per heavy atom. The topological polar surface area (TPSA) is 38.7 Å². The van der Waals surface area contributed by atoms with Gasteiger partial charge in [-0.15, -0.1) is 11.6 Å². The number of Topliss-reactive ketones (excluding diaryl/α,β-unsaturated/α-hetero) is 1. The molecule has 0 N–H and O–H groups in total. The van der Waals surface area contributed by atoms with Crippen molar-refractivity contribution in [2.75, 3.05) is 7.11 Å². The Morgan fingerprint density at radius 3 is 2.64 bits per heavy atom. The number of ketones is 1. The van der Waals surface area contributed by atoms with Crippen LogP contribution in [0.1, 0.15) is 62.7 Å². The molecule has 0 saturated carbocycles. The van der Waals surface area contributed by atoms with Gasteiger partial charge < -0.3 is 4.74 Å². The van der Waals surface area contributed by atoms with E-state index in [-0.39, 0.29) is 5.78 Å². The highest BCUT2D eigenvalue weighted by atomic mass is 35.5. The van der Waals surface area contributed by atoms with Crippen LogP contribution in [-0.2, 0) is 0 Å². The van der Waals surface area contributed by atoms with Crippen molar-refractivity contribution in [3.05, 3.63) is 23.8 Å². The van der Waals surface area contributed by atoms with E-state index in [4.69, 9.17) is 16.3 Å². The molecule has 0 aromatic heterocycles. The van der Waals surface area contributed by atoms with Gasteiger partial charge in [0.05, 0.1) is 12.8 Å². The Hall–Kier alpha value is -1.35. The lowest BCUT2D eigenvalue weighted by atomic mass is 9.85. The number of rotatable bonds is 7. The second-order valence-electron chi connectivity index (χ2n) is 5.87. The van der Waals surface area contributed by atoms with Crippen LogP contribution in [0.25, 0.3) is 0 Å². The second-order valence-corrected chi connectivity index (χ2v) is 6.52. The van der Waals surface area contributed by atoms with Gasteiger partial charge >= 0.3 is 0 Å². The average Bonchev–Trinajstić information content (AvgIpc) is 2.52. The SMILES string of the molecule is CCCCCCCC1(Cl)C(=O)c2ccc(OC)cc2N=C1C. The molecule has 1 aromatic rings. The maximum atomic E-state index is 12.8. The molecule has 3 nitrogen and oxygen atoms in total. The molecule has 1 heterocycles. The van der Waals surface area contributed by atoms with Gasteiger partial charge in [0.25, 0.3) is 0 Å². The average molecular weight is 322 g/mol. The van der Waals surface area contributed by atoms with Crippen LogP contribution in [0.4, 0.5) is 5.69 Å². The van der Waals surface area contributed by atoms with Crippen molar-refractivity contribution in [3.63, 3.8) is 0 Å². The molecule has 1 aromatic carbocycles. The Labute approximate surface area is 137 Å². The zero-order valence-electron chi connectivity index (χ0n) is 13.6. The number of unbranched alkanes of at least 4 members (excludes halogenated alkanes) is 4. The Bertz CT molecular complexity index is 582. The molecule has 0 amide bonds. The van der Waals surface area contributed by atoms with Gasteiger partial charge in [-0.25, -0.2) is 0 Å². The van der Waals surface area contributed by atoms with Crippen LogP contribution in [0, 0.1) is 0 Å². The highest BCUT2D eigenvalue weighted by molar-refractivity contribution is 6.51. The van der Waals surface area contributed by atoms with Crippen LogP contribution in [-0.4, -0.2) is 23.5 Å². The van der Waals surface area contributed by atoms with Gasteiger partial charge in [-0.05, 0) is 25.5 Å². The second kappa shape index (κ2) is 7.28. The van der Waals surface area contributed by atoms with Gasteiger partial charge in [0.15, 0.2) is 5.78 Å². The summed E-state index contributed by atoms with van der Waals surface area (Å²) in [6.07, 6.45) is 6.35. The van der Waals surface area contributed by atoms with E-state index in [1.165, 1.54) is 19.3 Å². The lowest BCUT2D eigenvalue weighted by Crippen LogP contribution is -2.42. The summed E-state index contributed by atoms with van der Waals surface area (Å²) in [6, 6.07) is 5.33. The predicted molar refractivity (Wildman–Crippen MR) is 92.1 cm³/mol. The van der Waals surface area contributed by atoms with Crippen molar-refractivity contribution >= 4 is 28.8 Å². The van der Waals surface area contributed by atoms with Crippen molar-refractivity contribution in [1.82, 2.24) is 0 Å². The molecule has 0 spiro atoms. The van der Waals surface area contributed by atoms with Crippen molar-refractivity contribution in [1.29, 1.82) is 0 Å². The number of carbonyl (C=O) groups excluding carboxylic acids is 1. The molecular formula is C18H24ClNO2. The lowest BCUT2D eigenvalue weighted by molar-refractivity contribution is 0.0960. The number of benzene rings is 1. The number of nitrogens with zero attached hydrogens (tertiary/aromatic N) is 1. The summed E-state index contributed by atoms with van der Waals surface area (Å²) in [6.45, 7) is 4.04. The fourth-order valence-electron chi connectivity index (χ4n) is 2.84. The maximum Gasteiger partial charge on any atom is 0.191 e. The third-order valence-electron chi connectivity index (χ3n) is 4.30. The maximum absolute atomic E-state index is 12.8. The Kier molecular flexibility index (Phi) is 5.63. The van der Waals surface area contributed by atoms with Crippen LogP contribution < -0.4 is 4.74 Å². The van der Waals surface area contributed by atoms with E-state index < -0.39 is 4.87 Å². The fraction of sp³-hybridized carbons (Fsp3) is 0.556. The molecule has 22 heavy (non-hydrogen) atoms. The summed E-state index contributed by atoms with van der Waals surface area (Å²) in [4.78, 5) is 16.4. The number of aliphatic imine (C=N–C) groups is 1. The van der Waals surface area contributed by atoms with E-state index in [2.05, 4.69) is 11.9 Å². The molecule has 2 rings (SSSR count). The summed E-state index contributed by atoms with van der Waals surface area (Å²) in [5.74, 6) is 0.666. The predicted octanol–water partition coefficient (Wildman–Crippen LogP) is 5.32. The fourth-order valence-corrected chi connectivity index (χ4v) is 3.11. The summed E-state index contributed by atoms with van der Waals surface area (Å²) < 4.78 is 5.19. The minimum Gasteiger partial charge on any atom is -0.497 e. The van der Waals surface area contributed by atoms with Crippen LogP contribution >= 0.6 is 11.6 Å². The normalized spacial score (nSPS) is 20.5. The van der Waals surface area contributed by atoms with E-state index in [0.29, 0.717) is 29.1 Å². The highest BCUT2D eigenvalue weighted by Gasteiger charge is 2.42. The standard InChI is InChI=1S/C18H24ClNO2/c1-4-5-6-7-8-11-18(19)13(2)20-16-12-14(22-3)9-10-15(16)17(18)21/h9-10,12H,4-8,11H2,1-3H3. The lowest BCUT2D eigenvalue weighted by Gasteiger charge is -2.30. The summed E-state index contributed by atoms with van der Waals surface area (Å²) >= 11 is 6.68. The highest BCUT2D eigenvalue weighted by Crippen LogP contribution is 2.39. The largest absolute Gasteiger partial charge is 0.497 e. The molecule has 120 valence electrons. The van der Waals surface area contributed by atoms with Crippen molar-refractivity contribution in [3.8, 4) is 5.75 Å². The molecular weight excluding hydrogens is 298 g/mol. The number of ether oxygens (including phenoxy) is 1. The molecule has 0 saturated heterocycles. The molecule has 0 radical (unpaired) electrons. The van der Waals surface area contributed by atoms with Gasteiger partial charge in [0.2, 0.25) is 0 Å². The first-order chi connectivity index (χ1) is 10.5. The van der Waals surface area contributed by atoms with Crippen molar-refractivity contribution < 1.29 is 9.53 Å². The first kappa shape index (κ1) is 17.0. The van der Waals surface area contributed by atoms with Crippen molar-refractivity contribution in [2.45, 2.75) is 57.2 Å². The smallest absolute Gasteiger partial charge is 0.191 e. The molecule has 1 unspecified atom stereocenters. The number of hydrogen-bond donors (Lipinski definition) is 0. The monoisotopic (exact) mass is 321 g/mol. The molecule has 0 aliphatic carbocycles. The Balaban J connectivity index is 2.16. The summed E-state index contributed by atoms with van der Waals surface area (Å²) in [5, 5.41) is 0. The minimum atomic E-state index is -0.978. The third kappa shape index (κ3) is 3.35. The van der Waals surface area contributed by atoms with Gasteiger partial charge in [0, 0.05) is 17.3 Å². The molecule has 1 aliphatic rings.